The maximum Gasteiger partial charge on any atom is 0.262 e. The van der Waals surface area contributed by atoms with E-state index in [4.69, 9.17) is 4.74 Å². The van der Waals surface area contributed by atoms with Gasteiger partial charge in [-0.05, 0) is 29.3 Å². The van der Waals surface area contributed by atoms with E-state index >= 15 is 0 Å². The maximum atomic E-state index is 13.7. The summed E-state index contributed by atoms with van der Waals surface area (Å²) in [5, 5.41) is 2.97. The van der Waals surface area contributed by atoms with Crippen molar-refractivity contribution in [1.29, 1.82) is 0 Å². The van der Waals surface area contributed by atoms with Gasteiger partial charge in [-0.15, -0.1) is 0 Å². The van der Waals surface area contributed by atoms with Crippen LogP contribution in [-0.4, -0.2) is 21.6 Å². The monoisotopic (exact) mass is 351 g/mol. The largest absolute Gasteiger partial charge is 0.480 e. The minimum absolute atomic E-state index is 0.251. The molecule has 1 amide bonds. The van der Waals surface area contributed by atoms with E-state index < -0.39 is 12.1 Å². The van der Waals surface area contributed by atoms with E-state index in [1.807, 2.05) is 31.3 Å². The van der Waals surface area contributed by atoms with Gasteiger partial charge in [0.15, 0.2) is 6.10 Å². The second-order valence-electron chi connectivity index (χ2n) is 6.31. The number of benzene rings is 2. The van der Waals surface area contributed by atoms with Gasteiger partial charge in [0.05, 0.1) is 0 Å². The third-order valence-corrected chi connectivity index (χ3v) is 4.52. The molecule has 0 bridgehead atoms. The molecule has 0 fully saturated rings. The molecule has 1 aliphatic rings. The van der Waals surface area contributed by atoms with Crippen LogP contribution in [0.4, 0.5) is 4.39 Å². The van der Waals surface area contributed by atoms with Crippen LogP contribution in [0.25, 0.3) is 0 Å². The number of hydrogen-bond acceptors (Lipinski definition) is 3. The second kappa shape index (κ2) is 6.63. The summed E-state index contributed by atoms with van der Waals surface area (Å²) in [6, 6.07) is 13.2. The van der Waals surface area contributed by atoms with Gasteiger partial charge in [-0.3, -0.25) is 4.79 Å². The number of hydrogen-bond donors (Lipinski definition) is 1. The number of amides is 1. The van der Waals surface area contributed by atoms with Gasteiger partial charge in [-0.2, -0.15) is 0 Å². The van der Waals surface area contributed by atoms with Gasteiger partial charge in [0, 0.05) is 25.9 Å². The Balaban J connectivity index is 1.60. The Labute approximate surface area is 150 Å². The highest BCUT2D eigenvalue weighted by Gasteiger charge is 2.31. The fourth-order valence-electron chi connectivity index (χ4n) is 3.20. The lowest BCUT2D eigenvalue weighted by Crippen LogP contribution is -2.40. The van der Waals surface area contributed by atoms with Gasteiger partial charge >= 0.3 is 0 Å². The molecule has 3 aromatic rings. The Morgan fingerprint density at radius 2 is 2.15 bits per heavy atom. The first-order chi connectivity index (χ1) is 12.6. The van der Waals surface area contributed by atoms with Crippen molar-refractivity contribution in [2.75, 3.05) is 0 Å². The van der Waals surface area contributed by atoms with E-state index in [-0.39, 0.29) is 11.7 Å². The van der Waals surface area contributed by atoms with Crippen LogP contribution in [0.5, 0.6) is 5.75 Å². The summed E-state index contributed by atoms with van der Waals surface area (Å²) >= 11 is 0. The van der Waals surface area contributed by atoms with E-state index in [1.54, 1.807) is 29.1 Å². The number of imidazole rings is 1. The first-order valence-corrected chi connectivity index (χ1v) is 8.39. The number of ether oxygens (including phenoxy) is 1. The summed E-state index contributed by atoms with van der Waals surface area (Å²) in [4.78, 5) is 17.1. The van der Waals surface area contributed by atoms with Crippen LogP contribution < -0.4 is 10.1 Å². The molecule has 2 heterocycles. The van der Waals surface area contributed by atoms with Gasteiger partial charge < -0.3 is 14.6 Å². The van der Waals surface area contributed by atoms with Crippen LogP contribution in [0.1, 0.15) is 23.0 Å². The first kappa shape index (κ1) is 16.3. The van der Waals surface area contributed by atoms with E-state index in [2.05, 4.69) is 10.3 Å². The van der Waals surface area contributed by atoms with E-state index in [9.17, 15) is 9.18 Å². The second-order valence-corrected chi connectivity index (χ2v) is 6.31. The van der Waals surface area contributed by atoms with Gasteiger partial charge in [-0.25, -0.2) is 9.37 Å². The third-order valence-electron chi connectivity index (χ3n) is 4.52. The molecule has 5 nitrogen and oxygen atoms in total. The smallest absolute Gasteiger partial charge is 0.262 e. The fourth-order valence-corrected chi connectivity index (χ4v) is 3.20. The van der Waals surface area contributed by atoms with Crippen molar-refractivity contribution in [3.63, 3.8) is 0 Å². The van der Waals surface area contributed by atoms with Crippen LogP contribution in [0.2, 0.25) is 0 Å². The van der Waals surface area contributed by atoms with E-state index in [0.717, 1.165) is 11.3 Å². The molecule has 2 aromatic carbocycles. The standard InChI is InChI=1S/C20H18FN3O2/c1-24-10-9-22-19(24)18(14-6-4-7-15(21)11-14)23-20(25)17-12-13-5-2-3-8-16(13)26-17/h2-11,17-18H,12H2,1H3,(H,23,25). The molecule has 2 atom stereocenters. The Morgan fingerprint density at radius 3 is 2.88 bits per heavy atom. The molecule has 132 valence electrons. The zero-order valence-electron chi connectivity index (χ0n) is 14.2. The summed E-state index contributed by atoms with van der Waals surface area (Å²) in [7, 11) is 1.84. The van der Waals surface area contributed by atoms with Gasteiger partial charge in [0.25, 0.3) is 5.91 Å². The predicted molar refractivity (Wildman–Crippen MR) is 94.2 cm³/mol. The molecule has 1 aromatic heterocycles. The molecule has 4 rings (SSSR count). The number of para-hydroxylation sites is 1. The van der Waals surface area contributed by atoms with Crippen LogP contribution in [-0.2, 0) is 18.3 Å². The maximum absolute atomic E-state index is 13.7. The zero-order valence-corrected chi connectivity index (χ0v) is 14.2. The predicted octanol–water partition coefficient (Wildman–Crippen LogP) is 2.77. The molecular weight excluding hydrogens is 333 g/mol. The number of nitrogens with zero attached hydrogens (tertiary/aromatic N) is 2. The minimum Gasteiger partial charge on any atom is -0.480 e. The molecule has 0 aliphatic carbocycles. The van der Waals surface area contributed by atoms with Crippen molar-refractivity contribution < 1.29 is 13.9 Å². The van der Waals surface area contributed by atoms with E-state index in [0.29, 0.717) is 17.8 Å². The highest BCUT2D eigenvalue weighted by molar-refractivity contribution is 5.83. The lowest BCUT2D eigenvalue weighted by molar-refractivity contribution is -0.127. The molecule has 0 saturated heterocycles. The number of nitrogens with one attached hydrogen (secondary N) is 1. The average molecular weight is 351 g/mol. The Kier molecular flexibility index (Phi) is 4.16. The summed E-state index contributed by atoms with van der Waals surface area (Å²) in [5.41, 5.74) is 1.63. The SMILES string of the molecule is Cn1ccnc1C(NC(=O)C1Cc2ccccc2O1)c1cccc(F)c1. The molecule has 26 heavy (non-hydrogen) atoms. The molecule has 1 N–H and O–H groups in total. The summed E-state index contributed by atoms with van der Waals surface area (Å²) < 4.78 is 21.3. The van der Waals surface area contributed by atoms with Crippen molar-refractivity contribution in [2.24, 2.45) is 7.05 Å². The fraction of sp³-hybridized carbons (Fsp3) is 0.200. The number of rotatable bonds is 4. The van der Waals surface area contributed by atoms with Gasteiger partial charge in [-0.1, -0.05) is 30.3 Å². The first-order valence-electron chi connectivity index (χ1n) is 8.39. The van der Waals surface area contributed by atoms with Crippen molar-refractivity contribution >= 4 is 5.91 Å². The lowest BCUT2D eigenvalue weighted by Gasteiger charge is -2.21. The lowest BCUT2D eigenvalue weighted by atomic mass is 10.0. The van der Waals surface area contributed by atoms with Crippen LogP contribution in [0.3, 0.4) is 0 Å². The highest BCUT2D eigenvalue weighted by Crippen LogP contribution is 2.29. The molecule has 0 radical (unpaired) electrons. The van der Waals surface area contributed by atoms with Gasteiger partial charge in [0.1, 0.15) is 23.4 Å². The van der Waals surface area contributed by atoms with E-state index in [1.165, 1.54) is 12.1 Å². The van der Waals surface area contributed by atoms with Crippen LogP contribution >= 0.6 is 0 Å². The van der Waals surface area contributed by atoms with Crippen molar-refractivity contribution in [3.05, 3.63) is 83.7 Å². The number of carbonyl (C=O) groups excluding carboxylic acids is 1. The summed E-state index contributed by atoms with van der Waals surface area (Å²) in [6.45, 7) is 0. The molecule has 0 spiro atoms. The summed E-state index contributed by atoms with van der Waals surface area (Å²) in [6.07, 6.45) is 3.34. The van der Waals surface area contributed by atoms with Crippen LogP contribution in [0, 0.1) is 5.82 Å². The quantitative estimate of drug-likeness (QED) is 0.786. The summed E-state index contributed by atoms with van der Waals surface area (Å²) in [5.74, 6) is 0.741. The number of aromatic nitrogens is 2. The Bertz CT molecular complexity index is 928. The number of fused-ring (bicyclic) bond motifs is 1. The Morgan fingerprint density at radius 1 is 1.31 bits per heavy atom. The average Bonchev–Trinajstić information content (AvgIpc) is 3.25. The number of carbonyl (C=O) groups is 1. The number of halogens is 1. The third kappa shape index (κ3) is 3.06. The molecule has 2 unspecified atom stereocenters. The van der Waals surface area contributed by atoms with Crippen LogP contribution in [0.15, 0.2) is 60.9 Å². The highest BCUT2D eigenvalue weighted by atomic mass is 19.1. The molecular formula is C20H18FN3O2. The van der Waals surface area contributed by atoms with Crippen molar-refractivity contribution in [1.82, 2.24) is 14.9 Å². The molecule has 6 heteroatoms. The molecule has 1 aliphatic heterocycles. The number of aryl methyl sites for hydroxylation is 1. The van der Waals surface area contributed by atoms with Crippen molar-refractivity contribution in [2.45, 2.75) is 18.6 Å². The zero-order chi connectivity index (χ0) is 18.1. The Hall–Kier alpha value is -3.15. The minimum atomic E-state index is -0.608. The molecule has 0 saturated carbocycles. The van der Waals surface area contributed by atoms with Gasteiger partial charge in [0.2, 0.25) is 0 Å². The van der Waals surface area contributed by atoms with Crippen molar-refractivity contribution in [3.8, 4) is 5.75 Å². The normalized spacial score (nSPS) is 16.6. The topological polar surface area (TPSA) is 56.2 Å².